The van der Waals surface area contributed by atoms with E-state index in [1.807, 2.05) is 17.4 Å². The number of anilines is 3. The second-order valence-corrected chi connectivity index (χ2v) is 12.7. The molecule has 8 aromatic carbocycles. The van der Waals surface area contributed by atoms with Gasteiger partial charge in [0.25, 0.3) is 0 Å². The SMILES string of the molecule is c1ccc(N(c2ccc3c4ccccc4c4ccccc4c3c2)c2cc3c4ccccc4oc3c3c2sc2ccccc23)cc1. The van der Waals surface area contributed by atoms with Crippen LogP contribution in [0.3, 0.4) is 0 Å². The van der Waals surface area contributed by atoms with Crippen molar-refractivity contribution in [2.75, 3.05) is 4.90 Å². The van der Waals surface area contributed by atoms with Crippen molar-refractivity contribution in [1.82, 2.24) is 0 Å². The maximum absolute atomic E-state index is 6.61. The Bertz CT molecular complexity index is 2740. The van der Waals surface area contributed by atoms with Crippen molar-refractivity contribution >= 4 is 103 Å². The summed E-state index contributed by atoms with van der Waals surface area (Å²) in [6.45, 7) is 0. The summed E-state index contributed by atoms with van der Waals surface area (Å²) in [5.74, 6) is 0. The molecule has 0 aliphatic carbocycles. The van der Waals surface area contributed by atoms with Gasteiger partial charge in [0.05, 0.1) is 10.4 Å². The normalized spacial score (nSPS) is 12.0. The third-order valence-corrected chi connectivity index (χ3v) is 10.4. The number of nitrogens with zero attached hydrogens (tertiary/aromatic N) is 1. The summed E-state index contributed by atoms with van der Waals surface area (Å²) in [5.41, 5.74) is 5.27. The van der Waals surface area contributed by atoms with E-state index in [2.05, 4.69) is 150 Å². The van der Waals surface area contributed by atoms with E-state index < -0.39 is 0 Å². The number of thiophene rings is 1. The number of fused-ring (bicyclic) bond motifs is 13. The minimum Gasteiger partial charge on any atom is -0.455 e. The van der Waals surface area contributed by atoms with Gasteiger partial charge in [-0.25, -0.2) is 0 Å². The molecule has 2 nitrogen and oxygen atoms in total. The molecular formula is C42H25NOS. The number of furan rings is 1. The molecule has 3 heteroatoms. The molecular weight excluding hydrogens is 567 g/mol. The van der Waals surface area contributed by atoms with Gasteiger partial charge in [0.1, 0.15) is 11.2 Å². The Morgan fingerprint density at radius 2 is 1.00 bits per heavy atom. The molecule has 210 valence electrons. The van der Waals surface area contributed by atoms with Gasteiger partial charge in [0.15, 0.2) is 0 Å². The average Bonchev–Trinajstić information content (AvgIpc) is 3.68. The van der Waals surface area contributed by atoms with E-state index in [9.17, 15) is 0 Å². The number of hydrogen-bond acceptors (Lipinski definition) is 3. The Kier molecular flexibility index (Phi) is 5.19. The van der Waals surface area contributed by atoms with Crippen LogP contribution in [0.1, 0.15) is 0 Å². The first-order valence-corrected chi connectivity index (χ1v) is 16.1. The molecule has 0 saturated carbocycles. The summed E-state index contributed by atoms with van der Waals surface area (Å²) >= 11 is 1.84. The molecule has 0 radical (unpaired) electrons. The molecule has 0 atom stereocenters. The van der Waals surface area contributed by atoms with Gasteiger partial charge in [0, 0.05) is 37.6 Å². The van der Waals surface area contributed by atoms with E-state index in [4.69, 9.17) is 4.42 Å². The second-order valence-electron chi connectivity index (χ2n) is 11.7. The molecule has 45 heavy (non-hydrogen) atoms. The highest BCUT2D eigenvalue weighted by molar-refractivity contribution is 7.26. The van der Waals surface area contributed by atoms with Gasteiger partial charge in [-0.2, -0.15) is 0 Å². The smallest absolute Gasteiger partial charge is 0.144 e. The molecule has 10 aromatic rings. The van der Waals surface area contributed by atoms with E-state index in [-0.39, 0.29) is 0 Å². The van der Waals surface area contributed by atoms with Crippen molar-refractivity contribution in [3.63, 3.8) is 0 Å². The first-order chi connectivity index (χ1) is 22.3. The molecule has 0 aliphatic rings. The second kappa shape index (κ2) is 9.43. The lowest BCUT2D eigenvalue weighted by Gasteiger charge is -2.27. The lowest BCUT2D eigenvalue weighted by Crippen LogP contribution is -2.10. The molecule has 10 rings (SSSR count). The molecule has 0 unspecified atom stereocenters. The van der Waals surface area contributed by atoms with Crippen molar-refractivity contribution < 1.29 is 4.42 Å². The van der Waals surface area contributed by atoms with E-state index in [0.717, 1.165) is 39.0 Å². The van der Waals surface area contributed by atoms with Crippen LogP contribution < -0.4 is 4.90 Å². The van der Waals surface area contributed by atoms with Crippen LogP contribution in [0.5, 0.6) is 0 Å². The highest BCUT2D eigenvalue weighted by Crippen LogP contribution is 2.50. The molecule has 2 heterocycles. The predicted octanol–water partition coefficient (Wildman–Crippen LogP) is 12.9. The molecule has 0 aliphatic heterocycles. The Morgan fingerprint density at radius 3 is 1.73 bits per heavy atom. The van der Waals surface area contributed by atoms with Crippen LogP contribution >= 0.6 is 11.3 Å². The molecule has 2 aromatic heterocycles. The van der Waals surface area contributed by atoms with Crippen molar-refractivity contribution in [3.05, 3.63) is 152 Å². The Balaban J connectivity index is 1.35. The third kappa shape index (κ3) is 3.56. The summed E-state index contributed by atoms with van der Waals surface area (Å²) in [5, 5.41) is 12.3. The molecule has 0 saturated heterocycles. The fourth-order valence-electron chi connectivity index (χ4n) is 7.25. The number of rotatable bonds is 3. The lowest BCUT2D eigenvalue weighted by atomic mass is 9.94. The number of benzene rings is 8. The molecule has 0 amide bonds. The topological polar surface area (TPSA) is 16.4 Å². The Labute approximate surface area is 263 Å². The van der Waals surface area contributed by atoms with Crippen LogP contribution in [0.15, 0.2) is 156 Å². The maximum atomic E-state index is 6.61. The lowest BCUT2D eigenvalue weighted by molar-refractivity contribution is 0.673. The highest BCUT2D eigenvalue weighted by Gasteiger charge is 2.23. The average molecular weight is 592 g/mol. The number of hydrogen-bond donors (Lipinski definition) is 0. The van der Waals surface area contributed by atoms with E-state index in [1.165, 1.54) is 52.5 Å². The standard InChI is InChI=1S/C42H25NOS/c1-2-12-26(13-3-1)43(27-22-23-32-30-16-5-4-14-28(30)29-15-6-7-17-31(29)35(32)24-27)37-25-36-33-18-8-10-20-38(33)44-41(36)40-34-19-9-11-21-39(34)45-42(37)40/h1-25H. The van der Waals surface area contributed by atoms with Crippen molar-refractivity contribution in [2.45, 2.75) is 0 Å². The minimum absolute atomic E-state index is 0.913. The first-order valence-electron chi connectivity index (χ1n) is 15.3. The zero-order valence-corrected chi connectivity index (χ0v) is 25.0. The van der Waals surface area contributed by atoms with Gasteiger partial charge in [-0.05, 0) is 74.8 Å². The fraction of sp³-hybridized carbons (Fsp3) is 0. The number of para-hydroxylation sites is 2. The van der Waals surface area contributed by atoms with Crippen LogP contribution in [0.4, 0.5) is 17.1 Å². The van der Waals surface area contributed by atoms with E-state index >= 15 is 0 Å². The largest absolute Gasteiger partial charge is 0.455 e. The Morgan fingerprint density at radius 1 is 0.422 bits per heavy atom. The van der Waals surface area contributed by atoms with E-state index in [1.54, 1.807) is 0 Å². The van der Waals surface area contributed by atoms with Crippen molar-refractivity contribution in [1.29, 1.82) is 0 Å². The van der Waals surface area contributed by atoms with Gasteiger partial charge in [-0.1, -0.05) is 109 Å². The van der Waals surface area contributed by atoms with Crippen molar-refractivity contribution in [3.8, 4) is 0 Å². The first kappa shape index (κ1) is 24.8. The van der Waals surface area contributed by atoms with Crippen LogP contribution in [0, 0.1) is 0 Å². The van der Waals surface area contributed by atoms with Gasteiger partial charge < -0.3 is 9.32 Å². The molecule has 0 bridgehead atoms. The maximum Gasteiger partial charge on any atom is 0.144 e. The minimum atomic E-state index is 0.913. The van der Waals surface area contributed by atoms with Crippen LogP contribution in [-0.2, 0) is 0 Å². The monoisotopic (exact) mass is 591 g/mol. The zero-order chi connectivity index (χ0) is 29.5. The quantitative estimate of drug-likeness (QED) is 0.190. The van der Waals surface area contributed by atoms with Crippen LogP contribution in [0.2, 0.25) is 0 Å². The van der Waals surface area contributed by atoms with Crippen LogP contribution in [-0.4, -0.2) is 0 Å². The summed E-state index contributed by atoms with van der Waals surface area (Å²) < 4.78 is 9.09. The summed E-state index contributed by atoms with van der Waals surface area (Å²) in [6.07, 6.45) is 0. The van der Waals surface area contributed by atoms with Gasteiger partial charge in [-0.15, -0.1) is 11.3 Å². The van der Waals surface area contributed by atoms with Gasteiger partial charge >= 0.3 is 0 Å². The third-order valence-electron chi connectivity index (χ3n) is 9.21. The highest BCUT2D eigenvalue weighted by atomic mass is 32.1. The fourth-order valence-corrected chi connectivity index (χ4v) is 8.46. The summed E-state index contributed by atoms with van der Waals surface area (Å²) in [6, 6.07) is 54.7. The molecule has 0 fully saturated rings. The zero-order valence-electron chi connectivity index (χ0n) is 24.2. The van der Waals surface area contributed by atoms with Gasteiger partial charge in [0.2, 0.25) is 0 Å². The van der Waals surface area contributed by atoms with Crippen LogP contribution in [0.25, 0.3) is 74.4 Å². The van der Waals surface area contributed by atoms with Gasteiger partial charge in [-0.3, -0.25) is 0 Å². The van der Waals surface area contributed by atoms with Crippen molar-refractivity contribution in [2.24, 2.45) is 0 Å². The predicted molar refractivity (Wildman–Crippen MR) is 194 cm³/mol. The summed E-state index contributed by atoms with van der Waals surface area (Å²) in [4.78, 5) is 2.43. The molecule has 0 N–H and O–H groups in total. The molecule has 0 spiro atoms. The van der Waals surface area contributed by atoms with E-state index in [0.29, 0.717) is 0 Å². The Hall–Kier alpha value is -5.64. The summed E-state index contributed by atoms with van der Waals surface area (Å²) in [7, 11) is 0.